The van der Waals surface area contributed by atoms with Gasteiger partial charge in [-0.2, -0.15) is 0 Å². The molecule has 4 rings (SSSR count). The van der Waals surface area contributed by atoms with Crippen LogP contribution in [-0.4, -0.2) is 0 Å². The van der Waals surface area contributed by atoms with Crippen molar-refractivity contribution in [3.8, 4) is 0 Å². The minimum atomic E-state index is 1.40. The molecule has 0 fully saturated rings. The molecule has 24 heavy (non-hydrogen) atoms. The minimum absolute atomic E-state index is 1.40. The van der Waals surface area contributed by atoms with E-state index in [1.54, 1.807) is 0 Å². The molecule has 0 spiro atoms. The molecule has 0 aliphatic carbocycles. The molecule has 0 aliphatic heterocycles. The van der Waals surface area contributed by atoms with E-state index in [2.05, 4.69) is 67.5 Å². The molecule has 122 valence electrons. The Morgan fingerprint density at radius 2 is 0.833 bits per heavy atom. The first-order valence-corrected chi connectivity index (χ1v) is 8.90. The standard InChI is InChI=1S/C24H26/c1-11-9-19-10-12(2)20-15(5)14(4)16(6)22-18(8)17(7)21(13(11)3)23(19)24(20)22/h9-10H,1-8H3. The van der Waals surface area contributed by atoms with Gasteiger partial charge in [-0.3, -0.25) is 0 Å². The third-order valence-electron chi connectivity index (χ3n) is 6.58. The smallest absolute Gasteiger partial charge is 0.00156 e. The molecule has 0 heteroatoms. The van der Waals surface area contributed by atoms with Gasteiger partial charge in [0.15, 0.2) is 0 Å². The lowest BCUT2D eigenvalue weighted by Gasteiger charge is -2.24. The van der Waals surface area contributed by atoms with Gasteiger partial charge in [0.25, 0.3) is 0 Å². The number of hydrogen-bond donors (Lipinski definition) is 0. The van der Waals surface area contributed by atoms with Crippen LogP contribution in [0.1, 0.15) is 44.5 Å². The first-order valence-electron chi connectivity index (χ1n) is 8.90. The van der Waals surface area contributed by atoms with Crippen LogP contribution in [0.5, 0.6) is 0 Å². The Balaban J connectivity index is 2.56. The van der Waals surface area contributed by atoms with Gasteiger partial charge < -0.3 is 0 Å². The van der Waals surface area contributed by atoms with Gasteiger partial charge in [0.1, 0.15) is 0 Å². The molecule has 0 nitrogen and oxygen atoms in total. The van der Waals surface area contributed by atoms with Crippen LogP contribution in [0.25, 0.3) is 32.3 Å². The number of aryl methyl sites for hydroxylation is 7. The highest BCUT2D eigenvalue weighted by molar-refractivity contribution is 6.27. The molecule has 0 bridgehead atoms. The summed E-state index contributed by atoms with van der Waals surface area (Å²) in [5.41, 5.74) is 11.5. The van der Waals surface area contributed by atoms with Crippen molar-refractivity contribution in [1.82, 2.24) is 0 Å². The molecule has 0 aliphatic rings. The Labute approximate surface area is 144 Å². The Hall–Kier alpha value is -2.08. The van der Waals surface area contributed by atoms with Crippen molar-refractivity contribution >= 4 is 32.3 Å². The van der Waals surface area contributed by atoms with E-state index in [1.165, 1.54) is 76.8 Å². The second-order valence-electron chi connectivity index (χ2n) is 7.74. The molecule has 0 saturated carbocycles. The van der Waals surface area contributed by atoms with Crippen LogP contribution in [0.2, 0.25) is 0 Å². The molecule has 0 N–H and O–H groups in total. The molecule has 0 atom stereocenters. The van der Waals surface area contributed by atoms with Crippen LogP contribution in [0, 0.1) is 55.4 Å². The van der Waals surface area contributed by atoms with Gasteiger partial charge in [-0.25, -0.2) is 0 Å². The van der Waals surface area contributed by atoms with E-state index in [1.807, 2.05) is 0 Å². The predicted octanol–water partition coefficient (Wildman–Crippen LogP) is 7.05. The summed E-state index contributed by atoms with van der Waals surface area (Å²) in [6.45, 7) is 18.3. The first-order chi connectivity index (χ1) is 11.3. The molecule has 0 radical (unpaired) electrons. The van der Waals surface area contributed by atoms with Gasteiger partial charge in [0, 0.05) is 0 Å². The van der Waals surface area contributed by atoms with Crippen molar-refractivity contribution in [3.63, 3.8) is 0 Å². The molecule has 4 aromatic carbocycles. The maximum atomic E-state index is 2.40. The largest absolute Gasteiger partial charge is 0.0511 e. The minimum Gasteiger partial charge on any atom is -0.0511 e. The average molecular weight is 314 g/mol. The van der Waals surface area contributed by atoms with E-state index in [4.69, 9.17) is 0 Å². The van der Waals surface area contributed by atoms with Crippen LogP contribution in [-0.2, 0) is 0 Å². The summed E-state index contributed by atoms with van der Waals surface area (Å²) in [7, 11) is 0. The van der Waals surface area contributed by atoms with Gasteiger partial charge in [-0.1, -0.05) is 12.1 Å². The van der Waals surface area contributed by atoms with Gasteiger partial charge in [0.2, 0.25) is 0 Å². The second kappa shape index (κ2) is 4.72. The number of hydrogen-bond acceptors (Lipinski definition) is 0. The topological polar surface area (TPSA) is 0 Å². The van der Waals surface area contributed by atoms with E-state index < -0.39 is 0 Å². The zero-order chi connectivity index (χ0) is 17.5. The molecule has 0 saturated heterocycles. The highest BCUT2D eigenvalue weighted by Gasteiger charge is 2.21. The fourth-order valence-corrected chi connectivity index (χ4v) is 4.84. The fourth-order valence-electron chi connectivity index (χ4n) is 4.84. The lowest BCUT2D eigenvalue weighted by atomic mass is 9.80. The lowest BCUT2D eigenvalue weighted by molar-refractivity contribution is 1.29. The van der Waals surface area contributed by atoms with E-state index in [9.17, 15) is 0 Å². The molecule has 0 heterocycles. The van der Waals surface area contributed by atoms with Crippen LogP contribution in [0.4, 0.5) is 0 Å². The summed E-state index contributed by atoms with van der Waals surface area (Å²) in [6, 6.07) is 4.77. The highest BCUT2D eigenvalue weighted by atomic mass is 14.2. The van der Waals surface area contributed by atoms with Crippen molar-refractivity contribution in [2.75, 3.05) is 0 Å². The molecule has 4 aromatic rings. The summed E-state index contributed by atoms with van der Waals surface area (Å²) in [4.78, 5) is 0. The van der Waals surface area contributed by atoms with E-state index in [-0.39, 0.29) is 0 Å². The zero-order valence-corrected chi connectivity index (χ0v) is 16.2. The number of rotatable bonds is 0. The average Bonchev–Trinajstić information content (AvgIpc) is 2.52. The monoisotopic (exact) mass is 314 g/mol. The maximum Gasteiger partial charge on any atom is -0.00156 e. The van der Waals surface area contributed by atoms with Crippen LogP contribution >= 0.6 is 0 Å². The normalized spacial score (nSPS) is 12.2. The summed E-state index contributed by atoms with van der Waals surface area (Å²) in [6.07, 6.45) is 0. The molecular formula is C24H26. The highest BCUT2D eigenvalue weighted by Crippen LogP contribution is 2.45. The van der Waals surface area contributed by atoms with E-state index >= 15 is 0 Å². The summed E-state index contributed by atoms with van der Waals surface area (Å²) >= 11 is 0. The van der Waals surface area contributed by atoms with Gasteiger partial charge in [0.05, 0.1) is 0 Å². The maximum absolute atomic E-state index is 2.40. The van der Waals surface area contributed by atoms with Gasteiger partial charge in [-0.05, 0) is 132 Å². The SMILES string of the molecule is Cc1cc2cc(C)c3c(C)c(C)c(C)c4c(C)c(C)c(c1C)c2c34. The molecule has 0 aromatic heterocycles. The van der Waals surface area contributed by atoms with Crippen molar-refractivity contribution in [3.05, 3.63) is 56.6 Å². The third kappa shape index (κ3) is 1.64. The van der Waals surface area contributed by atoms with Crippen molar-refractivity contribution in [2.45, 2.75) is 55.4 Å². The van der Waals surface area contributed by atoms with Crippen molar-refractivity contribution in [2.24, 2.45) is 0 Å². The van der Waals surface area contributed by atoms with Crippen LogP contribution < -0.4 is 0 Å². The summed E-state index contributed by atoms with van der Waals surface area (Å²) < 4.78 is 0. The molecular weight excluding hydrogens is 288 g/mol. The zero-order valence-electron chi connectivity index (χ0n) is 16.2. The first kappa shape index (κ1) is 15.4. The van der Waals surface area contributed by atoms with E-state index in [0.29, 0.717) is 0 Å². The van der Waals surface area contributed by atoms with Gasteiger partial charge >= 0.3 is 0 Å². The van der Waals surface area contributed by atoms with Gasteiger partial charge in [-0.15, -0.1) is 0 Å². The Kier molecular flexibility index (Phi) is 3.04. The van der Waals surface area contributed by atoms with Crippen molar-refractivity contribution in [1.29, 1.82) is 0 Å². The van der Waals surface area contributed by atoms with Crippen LogP contribution in [0.15, 0.2) is 12.1 Å². The molecule has 0 amide bonds. The van der Waals surface area contributed by atoms with Crippen LogP contribution in [0.3, 0.4) is 0 Å². The molecule has 0 unspecified atom stereocenters. The summed E-state index contributed by atoms with van der Waals surface area (Å²) in [5.74, 6) is 0. The number of benzene rings is 4. The van der Waals surface area contributed by atoms with E-state index in [0.717, 1.165) is 0 Å². The second-order valence-corrected chi connectivity index (χ2v) is 7.74. The quantitative estimate of drug-likeness (QED) is 0.305. The Morgan fingerprint density at radius 1 is 0.375 bits per heavy atom. The van der Waals surface area contributed by atoms with Crippen molar-refractivity contribution < 1.29 is 0 Å². The Morgan fingerprint density at radius 3 is 1.46 bits per heavy atom. The lowest BCUT2D eigenvalue weighted by Crippen LogP contribution is -2.01. The fraction of sp³-hybridized carbons (Fsp3) is 0.333. The Bertz CT molecular complexity index is 1160. The summed E-state index contributed by atoms with van der Waals surface area (Å²) in [5, 5.41) is 8.79. The predicted molar refractivity (Wildman–Crippen MR) is 108 cm³/mol. The third-order valence-corrected chi connectivity index (χ3v) is 6.58.